The lowest BCUT2D eigenvalue weighted by Crippen LogP contribution is -2.33. The molecule has 16 heavy (non-hydrogen) atoms. The van der Waals surface area contributed by atoms with Crippen LogP contribution in [0.3, 0.4) is 0 Å². The summed E-state index contributed by atoms with van der Waals surface area (Å²) in [5.41, 5.74) is 0. The molecule has 0 spiro atoms. The van der Waals surface area contributed by atoms with Crippen molar-refractivity contribution in [2.45, 2.75) is 51.6 Å². The van der Waals surface area contributed by atoms with E-state index in [1.54, 1.807) is 0 Å². The van der Waals surface area contributed by atoms with E-state index in [4.69, 9.17) is 0 Å². The first-order chi connectivity index (χ1) is 7.90. The van der Waals surface area contributed by atoms with Crippen LogP contribution in [0.25, 0.3) is 0 Å². The molecule has 0 saturated heterocycles. The van der Waals surface area contributed by atoms with E-state index in [9.17, 15) is 0 Å². The van der Waals surface area contributed by atoms with E-state index in [1.165, 1.54) is 38.6 Å². The Balaban J connectivity index is 1.75. The lowest BCUT2D eigenvalue weighted by Gasteiger charge is -2.20. The van der Waals surface area contributed by atoms with Crippen molar-refractivity contribution < 1.29 is 0 Å². The van der Waals surface area contributed by atoms with Gasteiger partial charge in [0.05, 0.1) is 6.33 Å². The maximum atomic E-state index is 4.08. The first kappa shape index (κ1) is 11.6. The van der Waals surface area contributed by atoms with Gasteiger partial charge in [-0.05, 0) is 38.1 Å². The van der Waals surface area contributed by atoms with Crippen LogP contribution in [-0.4, -0.2) is 22.1 Å². The second kappa shape index (κ2) is 6.04. The lowest BCUT2D eigenvalue weighted by atomic mass is 9.99. The molecule has 1 aromatic heterocycles. The van der Waals surface area contributed by atoms with Crippen molar-refractivity contribution in [3.8, 4) is 0 Å². The van der Waals surface area contributed by atoms with Crippen LogP contribution in [0.5, 0.6) is 0 Å². The van der Waals surface area contributed by atoms with Crippen molar-refractivity contribution in [1.82, 2.24) is 14.9 Å². The smallest absolute Gasteiger partial charge is 0.0945 e. The van der Waals surface area contributed by atoms with Gasteiger partial charge in [-0.15, -0.1) is 0 Å². The molecule has 1 saturated carbocycles. The standard InChI is InChI=1S/C13H23N3/c1-2-7-15-13-5-3-4-12(13)6-9-16-10-8-14-11-16/h8,10-13,15H,2-7,9H2,1H3. The molecule has 1 aliphatic rings. The van der Waals surface area contributed by atoms with E-state index in [0.29, 0.717) is 0 Å². The van der Waals surface area contributed by atoms with Crippen molar-refractivity contribution >= 4 is 0 Å². The Morgan fingerprint density at radius 3 is 3.12 bits per heavy atom. The van der Waals surface area contributed by atoms with Crippen LogP contribution in [0.15, 0.2) is 18.7 Å². The Bertz CT molecular complexity index is 281. The van der Waals surface area contributed by atoms with Gasteiger partial charge in [0, 0.05) is 25.0 Å². The van der Waals surface area contributed by atoms with Crippen LogP contribution in [0, 0.1) is 5.92 Å². The van der Waals surface area contributed by atoms with Crippen molar-refractivity contribution in [2.24, 2.45) is 5.92 Å². The first-order valence-corrected chi connectivity index (χ1v) is 6.59. The molecule has 1 aromatic rings. The maximum absolute atomic E-state index is 4.08. The Labute approximate surface area is 98.3 Å². The molecule has 3 heteroatoms. The van der Waals surface area contributed by atoms with Crippen molar-refractivity contribution in [3.63, 3.8) is 0 Å². The van der Waals surface area contributed by atoms with Gasteiger partial charge >= 0.3 is 0 Å². The molecule has 0 radical (unpaired) electrons. The average molecular weight is 221 g/mol. The monoisotopic (exact) mass is 221 g/mol. The molecule has 3 nitrogen and oxygen atoms in total. The van der Waals surface area contributed by atoms with Crippen molar-refractivity contribution in [1.29, 1.82) is 0 Å². The van der Waals surface area contributed by atoms with Gasteiger partial charge in [-0.25, -0.2) is 4.98 Å². The Morgan fingerprint density at radius 1 is 1.44 bits per heavy atom. The van der Waals surface area contributed by atoms with Gasteiger partial charge in [-0.2, -0.15) is 0 Å². The second-order valence-corrected chi connectivity index (χ2v) is 4.84. The molecule has 2 rings (SSSR count). The Kier molecular flexibility index (Phi) is 4.40. The van der Waals surface area contributed by atoms with E-state index >= 15 is 0 Å². The van der Waals surface area contributed by atoms with Crippen LogP contribution in [0.2, 0.25) is 0 Å². The van der Waals surface area contributed by atoms with E-state index in [0.717, 1.165) is 18.5 Å². The SMILES string of the molecule is CCCNC1CCCC1CCn1ccnc1. The molecule has 1 fully saturated rings. The zero-order valence-electron chi connectivity index (χ0n) is 10.2. The van der Waals surface area contributed by atoms with Crippen molar-refractivity contribution in [3.05, 3.63) is 18.7 Å². The first-order valence-electron chi connectivity index (χ1n) is 6.59. The minimum Gasteiger partial charge on any atom is -0.337 e. The predicted octanol–water partition coefficient (Wildman–Crippen LogP) is 2.44. The highest BCUT2D eigenvalue weighted by Crippen LogP contribution is 2.28. The Hall–Kier alpha value is -0.830. The van der Waals surface area contributed by atoms with Crippen LogP contribution in [0.4, 0.5) is 0 Å². The zero-order valence-corrected chi connectivity index (χ0v) is 10.2. The molecule has 90 valence electrons. The van der Waals surface area contributed by atoms with E-state index < -0.39 is 0 Å². The fraction of sp³-hybridized carbons (Fsp3) is 0.769. The van der Waals surface area contributed by atoms with E-state index in [-0.39, 0.29) is 0 Å². The molecule has 1 aliphatic carbocycles. The Morgan fingerprint density at radius 2 is 2.38 bits per heavy atom. The number of aromatic nitrogens is 2. The fourth-order valence-corrected chi connectivity index (χ4v) is 2.71. The molecule has 1 N–H and O–H groups in total. The van der Waals surface area contributed by atoms with Gasteiger partial charge < -0.3 is 9.88 Å². The number of rotatable bonds is 6. The third kappa shape index (κ3) is 3.08. The number of hydrogen-bond donors (Lipinski definition) is 1. The average Bonchev–Trinajstić information content (AvgIpc) is 2.94. The third-order valence-corrected chi connectivity index (χ3v) is 3.63. The summed E-state index contributed by atoms with van der Waals surface area (Å²) in [6, 6.07) is 0.767. The summed E-state index contributed by atoms with van der Waals surface area (Å²) >= 11 is 0. The number of hydrogen-bond acceptors (Lipinski definition) is 2. The molecule has 0 bridgehead atoms. The molecular weight excluding hydrogens is 198 g/mol. The summed E-state index contributed by atoms with van der Waals surface area (Å²) in [6.07, 6.45) is 12.5. The number of nitrogens with one attached hydrogen (secondary N) is 1. The number of imidazole rings is 1. The third-order valence-electron chi connectivity index (χ3n) is 3.63. The minimum atomic E-state index is 0.767. The minimum absolute atomic E-state index is 0.767. The molecule has 2 atom stereocenters. The zero-order chi connectivity index (χ0) is 11.2. The van der Waals surface area contributed by atoms with Gasteiger partial charge in [0.25, 0.3) is 0 Å². The quantitative estimate of drug-likeness (QED) is 0.799. The summed E-state index contributed by atoms with van der Waals surface area (Å²) in [6.45, 7) is 4.53. The number of aryl methyl sites for hydroxylation is 1. The molecule has 0 aliphatic heterocycles. The summed E-state index contributed by atoms with van der Waals surface area (Å²) in [5, 5.41) is 3.69. The van der Waals surface area contributed by atoms with Gasteiger partial charge in [0.1, 0.15) is 0 Å². The highest BCUT2D eigenvalue weighted by molar-refractivity contribution is 4.84. The highest BCUT2D eigenvalue weighted by atomic mass is 15.0. The van der Waals surface area contributed by atoms with Crippen LogP contribution >= 0.6 is 0 Å². The summed E-state index contributed by atoms with van der Waals surface area (Å²) in [5.74, 6) is 0.869. The summed E-state index contributed by atoms with van der Waals surface area (Å²) < 4.78 is 2.19. The normalized spacial score (nSPS) is 25.1. The molecule has 0 aromatic carbocycles. The van der Waals surface area contributed by atoms with Crippen LogP contribution < -0.4 is 5.32 Å². The van der Waals surface area contributed by atoms with Crippen LogP contribution in [-0.2, 0) is 6.54 Å². The van der Waals surface area contributed by atoms with Gasteiger partial charge in [0.15, 0.2) is 0 Å². The molecular formula is C13H23N3. The fourth-order valence-electron chi connectivity index (χ4n) is 2.71. The largest absolute Gasteiger partial charge is 0.337 e. The topological polar surface area (TPSA) is 29.9 Å². The van der Waals surface area contributed by atoms with Crippen molar-refractivity contribution in [2.75, 3.05) is 6.54 Å². The lowest BCUT2D eigenvalue weighted by molar-refractivity contribution is 0.361. The molecule has 1 heterocycles. The summed E-state index contributed by atoms with van der Waals surface area (Å²) in [4.78, 5) is 4.08. The maximum Gasteiger partial charge on any atom is 0.0945 e. The van der Waals surface area contributed by atoms with E-state index in [1.807, 2.05) is 12.5 Å². The summed E-state index contributed by atoms with van der Waals surface area (Å²) in [7, 11) is 0. The predicted molar refractivity (Wildman–Crippen MR) is 66.3 cm³/mol. The van der Waals surface area contributed by atoms with Crippen LogP contribution in [0.1, 0.15) is 39.0 Å². The van der Waals surface area contributed by atoms with E-state index in [2.05, 4.69) is 28.0 Å². The number of nitrogens with zero attached hydrogens (tertiary/aromatic N) is 2. The highest BCUT2D eigenvalue weighted by Gasteiger charge is 2.25. The van der Waals surface area contributed by atoms with Gasteiger partial charge in [-0.1, -0.05) is 13.3 Å². The second-order valence-electron chi connectivity index (χ2n) is 4.84. The van der Waals surface area contributed by atoms with Gasteiger partial charge in [0.2, 0.25) is 0 Å². The van der Waals surface area contributed by atoms with Gasteiger partial charge in [-0.3, -0.25) is 0 Å². The molecule has 0 amide bonds. The molecule has 2 unspecified atom stereocenters.